The van der Waals surface area contributed by atoms with Gasteiger partial charge < -0.3 is 10.5 Å². The quantitative estimate of drug-likeness (QED) is 0.459. The molecule has 1 aromatic carbocycles. The highest BCUT2D eigenvalue weighted by molar-refractivity contribution is 5.95. The third kappa shape index (κ3) is 3.27. The van der Waals surface area contributed by atoms with E-state index in [4.69, 9.17) is 10.5 Å². The van der Waals surface area contributed by atoms with Crippen molar-refractivity contribution in [2.45, 2.75) is 26.7 Å². The van der Waals surface area contributed by atoms with Crippen LogP contribution in [0.2, 0.25) is 0 Å². The van der Waals surface area contributed by atoms with Crippen molar-refractivity contribution in [2.75, 3.05) is 12.3 Å². The Balaban J connectivity index is 2.70. The first-order chi connectivity index (χ1) is 7.15. The number of unbranched alkanes of at least 4 members (excludes halogenated alkanes) is 1. The van der Waals surface area contributed by atoms with Gasteiger partial charge in [0.15, 0.2) is 5.78 Å². The van der Waals surface area contributed by atoms with Crippen molar-refractivity contribution in [3.63, 3.8) is 0 Å². The Morgan fingerprint density at radius 1 is 1.47 bits per heavy atom. The van der Waals surface area contributed by atoms with Gasteiger partial charge in [-0.15, -0.1) is 0 Å². The van der Waals surface area contributed by atoms with Gasteiger partial charge in [0, 0.05) is 5.56 Å². The zero-order valence-electron chi connectivity index (χ0n) is 9.25. The Labute approximate surface area is 90.2 Å². The summed E-state index contributed by atoms with van der Waals surface area (Å²) >= 11 is 0. The van der Waals surface area contributed by atoms with Crippen molar-refractivity contribution in [1.82, 2.24) is 0 Å². The number of ketones is 1. The molecule has 0 amide bonds. The summed E-state index contributed by atoms with van der Waals surface area (Å²) in [6.07, 6.45) is 2.10. The fourth-order valence-corrected chi connectivity index (χ4v) is 1.23. The fraction of sp³-hybridized carbons (Fsp3) is 0.417. The summed E-state index contributed by atoms with van der Waals surface area (Å²) < 4.78 is 5.48. The lowest BCUT2D eigenvalue weighted by Crippen LogP contribution is -2.01. The number of hydrogen-bond acceptors (Lipinski definition) is 3. The van der Waals surface area contributed by atoms with Gasteiger partial charge in [0.2, 0.25) is 0 Å². The predicted octanol–water partition coefficient (Wildman–Crippen LogP) is 2.65. The number of carbonyl (C=O) groups excluding carboxylic acids is 1. The maximum absolute atomic E-state index is 11.1. The monoisotopic (exact) mass is 207 g/mol. The average molecular weight is 207 g/mol. The maximum Gasteiger partial charge on any atom is 0.159 e. The summed E-state index contributed by atoms with van der Waals surface area (Å²) in [5, 5.41) is 0. The van der Waals surface area contributed by atoms with Crippen LogP contribution in [0.5, 0.6) is 5.75 Å². The zero-order valence-corrected chi connectivity index (χ0v) is 9.25. The zero-order chi connectivity index (χ0) is 11.3. The predicted molar refractivity (Wildman–Crippen MR) is 61.3 cm³/mol. The first-order valence-electron chi connectivity index (χ1n) is 5.18. The molecule has 1 rings (SSSR count). The molecule has 0 unspecified atom stereocenters. The largest absolute Gasteiger partial charge is 0.491 e. The number of benzene rings is 1. The van der Waals surface area contributed by atoms with Crippen LogP contribution in [0.25, 0.3) is 0 Å². The highest BCUT2D eigenvalue weighted by atomic mass is 16.5. The molecule has 0 saturated carbocycles. The summed E-state index contributed by atoms with van der Waals surface area (Å²) in [6, 6.07) is 5.14. The lowest BCUT2D eigenvalue weighted by atomic mass is 10.1. The minimum absolute atomic E-state index is 0.0156. The molecule has 0 aromatic heterocycles. The summed E-state index contributed by atoms with van der Waals surface area (Å²) in [4.78, 5) is 11.1. The van der Waals surface area contributed by atoms with Gasteiger partial charge in [0.05, 0.1) is 12.3 Å². The van der Waals surface area contributed by atoms with E-state index in [1.54, 1.807) is 18.2 Å². The Morgan fingerprint density at radius 3 is 2.73 bits per heavy atom. The van der Waals surface area contributed by atoms with Crippen LogP contribution in [0.4, 0.5) is 5.69 Å². The number of rotatable bonds is 5. The van der Waals surface area contributed by atoms with Crippen LogP contribution in [0, 0.1) is 0 Å². The van der Waals surface area contributed by atoms with E-state index < -0.39 is 0 Å². The molecular formula is C12H17NO2. The SMILES string of the molecule is CCCCOc1ccc(C(C)=O)cc1N. The number of anilines is 1. The topological polar surface area (TPSA) is 52.3 Å². The van der Waals surface area contributed by atoms with E-state index in [9.17, 15) is 4.79 Å². The Morgan fingerprint density at radius 2 is 2.20 bits per heavy atom. The molecule has 3 nitrogen and oxygen atoms in total. The molecule has 0 saturated heterocycles. The molecule has 82 valence electrons. The van der Waals surface area contributed by atoms with E-state index in [-0.39, 0.29) is 5.78 Å². The average Bonchev–Trinajstić information content (AvgIpc) is 2.20. The minimum atomic E-state index is 0.0156. The van der Waals surface area contributed by atoms with Crippen LogP contribution in [-0.4, -0.2) is 12.4 Å². The highest BCUT2D eigenvalue weighted by Crippen LogP contribution is 2.22. The minimum Gasteiger partial charge on any atom is -0.491 e. The van der Waals surface area contributed by atoms with Gasteiger partial charge in [-0.3, -0.25) is 4.79 Å². The number of carbonyl (C=O) groups is 1. The highest BCUT2D eigenvalue weighted by Gasteiger charge is 2.04. The fourth-order valence-electron chi connectivity index (χ4n) is 1.23. The van der Waals surface area contributed by atoms with Crippen molar-refractivity contribution in [3.8, 4) is 5.75 Å². The molecule has 0 radical (unpaired) electrons. The standard InChI is InChI=1S/C12H17NO2/c1-3-4-7-15-12-6-5-10(9(2)14)8-11(12)13/h5-6,8H,3-4,7,13H2,1-2H3. The van der Waals surface area contributed by atoms with Crippen LogP contribution in [0.15, 0.2) is 18.2 Å². The van der Waals surface area contributed by atoms with Crippen LogP contribution in [0.1, 0.15) is 37.0 Å². The van der Waals surface area contributed by atoms with Gasteiger partial charge in [0.25, 0.3) is 0 Å². The van der Waals surface area contributed by atoms with Crippen molar-refractivity contribution in [3.05, 3.63) is 23.8 Å². The smallest absolute Gasteiger partial charge is 0.159 e. The molecule has 0 heterocycles. The van der Waals surface area contributed by atoms with Crippen LogP contribution >= 0.6 is 0 Å². The Hall–Kier alpha value is -1.51. The number of Topliss-reactive ketones (excluding diaryl/α,β-unsaturated/α-hetero) is 1. The second-order valence-corrected chi connectivity index (χ2v) is 3.51. The second-order valence-electron chi connectivity index (χ2n) is 3.51. The summed E-state index contributed by atoms with van der Waals surface area (Å²) in [5.41, 5.74) is 6.91. The third-order valence-corrected chi connectivity index (χ3v) is 2.17. The van der Waals surface area contributed by atoms with Gasteiger partial charge in [-0.2, -0.15) is 0 Å². The van der Waals surface area contributed by atoms with Gasteiger partial charge in [-0.25, -0.2) is 0 Å². The normalized spacial score (nSPS) is 10.0. The number of nitrogen functional groups attached to an aromatic ring is 1. The van der Waals surface area contributed by atoms with E-state index >= 15 is 0 Å². The lowest BCUT2D eigenvalue weighted by molar-refractivity contribution is 0.101. The van der Waals surface area contributed by atoms with Crippen molar-refractivity contribution >= 4 is 11.5 Å². The molecule has 2 N–H and O–H groups in total. The molecule has 15 heavy (non-hydrogen) atoms. The first-order valence-corrected chi connectivity index (χ1v) is 5.18. The van der Waals surface area contributed by atoms with E-state index in [2.05, 4.69) is 6.92 Å². The third-order valence-electron chi connectivity index (χ3n) is 2.17. The number of ether oxygens (including phenoxy) is 1. The van der Waals surface area contributed by atoms with Gasteiger partial charge >= 0.3 is 0 Å². The van der Waals surface area contributed by atoms with Gasteiger partial charge in [-0.05, 0) is 31.5 Å². The summed E-state index contributed by atoms with van der Waals surface area (Å²) in [7, 11) is 0. The van der Waals surface area contributed by atoms with Crippen LogP contribution in [0.3, 0.4) is 0 Å². The number of hydrogen-bond donors (Lipinski definition) is 1. The maximum atomic E-state index is 11.1. The molecule has 0 aliphatic carbocycles. The van der Waals surface area contributed by atoms with E-state index in [1.807, 2.05) is 0 Å². The van der Waals surface area contributed by atoms with Crippen molar-refractivity contribution in [2.24, 2.45) is 0 Å². The van der Waals surface area contributed by atoms with Gasteiger partial charge in [-0.1, -0.05) is 13.3 Å². The molecule has 0 spiro atoms. The molecule has 0 atom stereocenters. The van der Waals surface area contributed by atoms with Crippen molar-refractivity contribution < 1.29 is 9.53 Å². The summed E-state index contributed by atoms with van der Waals surface area (Å²) in [5.74, 6) is 0.676. The molecule has 0 aliphatic rings. The van der Waals surface area contributed by atoms with Gasteiger partial charge in [0.1, 0.15) is 5.75 Å². The first kappa shape index (κ1) is 11.6. The summed E-state index contributed by atoms with van der Waals surface area (Å²) in [6.45, 7) is 4.29. The number of nitrogens with two attached hydrogens (primary N) is 1. The Bertz CT molecular complexity index is 347. The second kappa shape index (κ2) is 5.39. The molecule has 0 aliphatic heterocycles. The van der Waals surface area contributed by atoms with E-state index in [1.165, 1.54) is 6.92 Å². The molecular weight excluding hydrogens is 190 g/mol. The van der Waals surface area contributed by atoms with Crippen LogP contribution in [-0.2, 0) is 0 Å². The van der Waals surface area contributed by atoms with Crippen LogP contribution < -0.4 is 10.5 Å². The lowest BCUT2D eigenvalue weighted by Gasteiger charge is -2.08. The molecule has 0 bridgehead atoms. The Kier molecular flexibility index (Phi) is 4.16. The van der Waals surface area contributed by atoms with E-state index in [0.717, 1.165) is 12.8 Å². The molecule has 0 fully saturated rings. The van der Waals surface area contributed by atoms with Crippen molar-refractivity contribution in [1.29, 1.82) is 0 Å². The molecule has 3 heteroatoms. The molecule has 1 aromatic rings. The van der Waals surface area contributed by atoms with E-state index in [0.29, 0.717) is 23.6 Å².